The van der Waals surface area contributed by atoms with Gasteiger partial charge in [0.15, 0.2) is 0 Å². The largest absolute Gasteiger partial charge is 0.453 e. The van der Waals surface area contributed by atoms with E-state index >= 15 is 0 Å². The van der Waals surface area contributed by atoms with Gasteiger partial charge >= 0.3 is 6.09 Å². The van der Waals surface area contributed by atoms with Gasteiger partial charge in [-0.1, -0.05) is 18.2 Å². The molecule has 2 rings (SSSR count). The maximum atomic E-state index is 11.3. The average molecular weight is 220 g/mol. The topological polar surface area (TPSA) is 32.8 Å². The first-order valence-corrected chi connectivity index (χ1v) is 5.44. The summed E-state index contributed by atoms with van der Waals surface area (Å²) >= 11 is 0. The summed E-state index contributed by atoms with van der Waals surface area (Å²) in [5, 5.41) is 0. The van der Waals surface area contributed by atoms with Gasteiger partial charge in [-0.15, -0.1) is 0 Å². The Morgan fingerprint density at radius 3 is 2.31 bits per heavy atom. The van der Waals surface area contributed by atoms with Crippen molar-refractivity contribution in [1.29, 1.82) is 0 Å². The van der Waals surface area contributed by atoms with Crippen molar-refractivity contribution < 1.29 is 9.53 Å². The zero-order valence-electron chi connectivity index (χ0n) is 9.43. The number of hydrogen-bond acceptors (Lipinski definition) is 3. The molecule has 0 bridgehead atoms. The van der Waals surface area contributed by atoms with Crippen molar-refractivity contribution >= 4 is 11.8 Å². The van der Waals surface area contributed by atoms with E-state index in [1.54, 1.807) is 4.90 Å². The normalized spacial score (nSPS) is 16.1. The number of nitrogens with zero attached hydrogens (tertiary/aromatic N) is 2. The van der Waals surface area contributed by atoms with Crippen molar-refractivity contribution in [2.24, 2.45) is 0 Å². The lowest BCUT2D eigenvalue weighted by molar-refractivity contribution is 0.121. The van der Waals surface area contributed by atoms with E-state index in [0.29, 0.717) is 0 Å². The minimum atomic E-state index is -0.229. The molecule has 4 nitrogen and oxygen atoms in total. The number of piperazine rings is 1. The molecule has 0 radical (unpaired) electrons. The molecule has 16 heavy (non-hydrogen) atoms. The van der Waals surface area contributed by atoms with Gasteiger partial charge in [-0.25, -0.2) is 4.79 Å². The van der Waals surface area contributed by atoms with Gasteiger partial charge in [-0.05, 0) is 12.1 Å². The SMILES string of the molecule is COC(=O)N1CCN(c2ccccc2)CC1. The van der Waals surface area contributed by atoms with Crippen molar-refractivity contribution in [3.63, 3.8) is 0 Å². The summed E-state index contributed by atoms with van der Waals surface area (Å²) in [6.07, 6.45) is -0.229. The molecular weight excluding hydrogens is 204 g/mol. The van der Waals surface area contributed by atoms with Crippen LogP contribution in [0.1, 0.15) is 0 Å². The van der Waals surface area contributed by atoms with E-state index in [9.17, 15) is 4.79 Å². The molecule has 0 atom stereocenters. The molecule has 0 aromatic heterocycles. The van der Waals surface area contributed by atoms with Gasteiger partial charge < -0.3 is 14.5 Å². The second-order valence-electron chi connectivity index (χ2n) is 3.78. The van der Waals surface area contributed by atoms with Crippen molar-refractivity contribution in [3.8, 4) is 0 Å². The number of benzene rings is 1. The minimum absolute atomic E-state index is 0.229. The molecule has 1 amide bonds. The Bertz CT molecular complexity index is 345. The molecule has 1 heterocycles. The van der Waals surface area contributed by atoms with E-state index < -0.39 is 0 Å². The predicted molar refractivity (Wildman–Crippen MR) is 62.6 cm³/mol. The number of ether oxygens (including phenoxy) is 1. The first-order chi connectivity index (χ1) is 7.81. The third kappa shape index (κ3) is 2.27. The molecule has 0 aliphatic carbocycles. The molecule has 4 heteroatoms. The van der Waals surface area contributed by atoms with Crippen LogP contribution in [-0.4, -0.2) is 44.3 Å². The summed E-state index contributed by atoms with van der Waals surface area (Å²) in [5.74, 6) is 0. The van der Waals surface area contributed by atoms with Crippen molar-refractivity contribution in [2.45, 2.75) is 0 Å². The van der Waals surface area contributed by atoms with Crippen LogP contribution in [-0.2, 0) is 4.74 Å². The minimum Gasteiger partial charge on any atom is -0.453 e. The Kier molecular flexibility index (Phi) is 3.29. The van der Waals surface area contributed by atoms with Gasteiger partial charge in [0.1, 0.15) is 0 Å². The van der Waals surface area contributed by atoms with Gasteiger partial charge in [-0.3, -0.25) is 0 Å². The van der Waals surface area contributed by atoms with Crippen LogP contribution in [0.2, 0.25) is 0 Å². The summed E-state index contributed by atoms with van der Waals surface area (Å²) < 4.78 is 4.70. The zero-order chi connectivity index (χ0) is 11.4. The zero-order valence-corrected chi connectivity index (χ0v) is 9.43. The van der Waals surface area contributed by atoms with E-state index in [-0.39, 0.29) is 6.09 Å². The lowest BCUT2D eigenvalue weighted by Crippen LogP contribution is -2.48. The third-order valence-corrected chi connectivity index (χ3v) is 2.83. The number of rotatable bonds is 1. The summed E-state index contributed by atoms with van der Waals surface area (Å²) in [5.41, 5.74) is 1.21. The van der Waals surface area contributed by atoms with Gasteiger partial charge in [0.05, 0.1) is 7.11 Å². The third-order valence-electron chi connectivity index (χ3n) is 2.83. The number of amides is 1. The van der Waals surface area contributed by atoms with E-state index in [2.05, 4.69) is 17.0 Å². The molecule has 0 spiro atoms. The Hall–Kier alpha value is -1.71. The van der Waals surface area contributed by atoms with Crippen LogP contribution in [0.4, 0.5) is 10.5 Å². The maximum Gasteiger partial charge on any atom is 0.409 e. The Labute approximate surface area is 95.4 Å². The number of para-hydroxylation sites is 1. The van der Waals surface area contributed by atoms with Gasteiger partial charge in [0, 0.05) is 31.9 Å². The van der Waals surface area contributed by atoms with E-state index in [1.807, 2.05) is 18.2 Å². The van der Waals surface area contributed by atoms with Gasteiger partial charge in [-0.2, -0.15) is 0 Å². The monoisotopic (exact) mass is 220 g/mol. The number of anilines is 1. The average Bonchev–Trinajstić information content (AvgIpc) is 2.39. The van der Waals surface area contributed by atoms with Crippen LogP contribution in [0.3, 0.4) is 0 Å². The van der Waals surface area contributed by atoms with Crippen LogP contribution in [0.15, 0.2) is 30.3 Å². The lowest BCUT2D eigenvalue weighted by atomic mass is 10.2. The first kappa shape index (κ1) is 10.8. The van der Waals surface area contributed by atoms with E-state index in [4.69, 9.17) is 4.74 Å². The van der Waals surface area contributed by atoms with Crippen molar-refractivity contribution in [1.82, 2.24) is 4.90 Å². The quantitative estimate of drug-likeness (QED) is 0.720. The molecule has 86 valence electrons. The Morgan fingerprint density at radius 2 is 1.75 bits per heavy atom. The Balaban J connectivity index is 1.93. The number of hydrogen-bond donors (Lipinski definition) is 0. The smallest absolute Gasteiger partial charge is 0.409 e. The fourth-order valence-corrected chi connectivity index (χ4v) is 1.92. The van der Waals surface area contributed by atoms with Crippen LogP contribution < -0.4 is 4.90 Å². The molecular formula is C12H16N2O2. The standard InChI is InChI=1S/C12H16N2O2/c1-16-12(15)14-9-7-13(8-10-14)11-5-3-2-4-6-11/h2-6H,7-10H2,1H3. The summed E-state index contributed by atoms with van der Waals surface area (Å²) in [7, 11) is 1.42. The number of carbonyl (C=O) groups excluding carboxylic acids is 1. The molecule has 0 N–H and O–H groups in total. The second-order valence-corrected chi connectivity index (χ2v) is 3.78. The van der Waals surface area contributed by atoms with E-state index in [1.165, 1.54) is 12.8 Å². The Morgan fingerprint density at radius 1 is 1.12 bits per heavy atom. The highest BCUT2D eigenvalue weighted by Crippen LogP contribution is 2.15. The fourth-order valence-electron chi connectivity index (χ4n) is 1.92. The molecule has 1 aliphatic rings. The highest BCUT2D eigenvalue weighted by atomic mass is 16.5. The highest BCUT2D eigenvalue weighted by molar-refractivity contribution is 5.68. The fraction of sp³-hybridized carbons (Fsp3) is 0.417. The highest BCUT2D eigenvalue weighted by Gasteiger charge is 2.21. The van der Waals surface area contributed by atoms with Crippen LogP contribution in [0.5, 0.6) is 0 Å². The molecule has 1 aromatic rings. The molecule has 0 unspecified atom stereocenters. The second kappa shape index (κ2) is 4.88. The summed E-state index contributed by atoms with van der Waals surface area (Å²) in [4.78, 5) is 15.3. The molecule has 1 aromatic carbocycles. The van der Waals surface area contributed by atoms with Crippen LogP contribution >= 0.6 is 0 Å². The summed E-state index contributed by atoms with van der Waals surface area (Å²) in [6.45, 7) is 3.17. The molecule has 1 aliphatic heterocycles. The predicted octanol–water partition coefficient (Wildman–Crippen LogP) is 1.58. The first-order valence-electron chi connectivity index (χ1n) is 5.44. The number of carbonyl (C=O) groups is 1. The number of methoxy groups -OCH3 is 1. The summed E-state index contributed by atoms with van der Waals surface area (Å²) in [6, 6.07) is 10.2. The van der Waals surface area contributed by atoms with Crippen LogP contribution in [0, 0.1) is 0 Å². The lowest BCUT2D eigenvalue weighted by Gasteiger charge is -2.35. The molecule has 1 fully saturated rings. The van der Waals surface area contributed by atoms with Gasteiger partial charge in [0.25, 0.3) is 0 Å². The maximum absolute atomic E-state index is 11.3. The van der Waals surface area contributed by atoms with Gasteiger partial charge in [0.2, 0.25) is 0 Å². The van der Waals surface area contributed by atoms with Crippen LogP contribution in [0.25, 0.3) is 0 Å². The molecule has 0 saturated carbocycles. The van der Waals surface area contributed by atoms with E-state index in [0.717, 1.165) is 26.2 Å². The molecule has 1 saturated heterocycles. The van der Waals surface area contributed by atoms with Crippen molar-refractivity contribution in [2.75, 3.05) is 38.2 Å². The van der Waals surface area contributed by atoms with Crippen molar-refractivity contribution in [3.05, 3.63) is 30.3 Å².